The van der Waals surface area contributed by atoms with Crippen molar-refractivity contribution < 1.29 is 9.59 Å². The molecule has 126 valence electrons. The molecule has 7 heteroatoms. The van der Waals surface area contributed by atoms with Crippen molar-refractivity contribution in [1.82, 2.24) is 10.6 Å². The van der Waals surface area contributed by atoms with E-state index >= 15 is 0 Å². The van der Waals surface area contributed by atoms with E-state index in [1.54, 1.807) is 0 Å². The first-order valence-electron chi connectivity index (χ1n) is 8.32. The number of benzene rings is 1. The van der Waals surface area contributed by atoms with E-state index in [0.717, 1.165) is 37.6 Å². The molecule has 0 aliphatic carbocycles. The van der Waals surface area contributed by atoms with Crippen LogP contribution in [-0.2, 0) is 9.59 Å². The van der Waals surface area contributed by atoms with Crippen LogP contribution in [0.25, 0.3) is 0 Å². The molecule has 3 aliphatic rings. The Hall–Kier alpha value is -2.54. The summed E-state index contributed by atoms with van der Waals surface area (Å²) in [6.07, 6.45) is 0.860. The third-order valence-corrected chi connectivity index (χ3v) is 4.81. The van der Waals surface area contributed by atoms with Crippen molar-refractivity contribution >= 4 is 28.9 Å². The van der Waals surface area contributed by atoms with Crippen molar-refractivity contribution in [2.75, 3.05) is 41.3 Å². The Bertz CT molecular complexity index is 711. The van der Waals surface area contributed by atoms with Gasteiger partial charge in [-0.1, -0.05) is 6.58 Å². The summed E-state index contributed by atoms with van der Waals surface area (Å²) in [6.45, 7) is 7.98. The van der Waals surface area contributed by atoms with E-state index in [2.05, 4.69) is 39.6 Å². The Morgan fingerprint density at radius 2 is 1.92 bits per heavy atom. The van der Waals surface area contributed by atoms with Gasteiger partial charge < -0.3 is 20.4 Å². The standard InChI is InChI=1S/C17H21N5O2/c1-11-19-13-10-12(21-8-6-18-7-9-21)2-3-14(13)22(11)15-4-5-16(23)20-17(15)24/h2-3,10,15,18-19H,1,4-9H2,(H,20,23,24). The average molecular weight is 327 g/mol. The number of hydrogen-bond donors (Lipinski definition) is 3. The van der Waals surface area contributed by atoms with Crippen molar-refractivity contribution in [1.29, 1.82) is 0 Å². The number of nitrogens with zero attached hydrogens (tertiary/aromatic N) is 2. The first-order valence-corrected chi connectivity index (χ1v) is 8.32. The molecule has 7 nitrogen and oxygen atoms in total. The van der Waals surface area contributed by atoms with Gasteiger partial charge in [0.1, 0.15) is 11.9 Å². The molecule has 1 atom stereocenters. The number of anilines is 3. The number of imide groups is 1. The minimum atomic E-state index is -0.394. The molecule has 2 saturated heterocycles. The fourth-order valence-electron chi connectivity index (χ4n) is 3.60. The largest absolute Gasteiger partial charge is 0.369 e. The van der Waals surface area contributed by atoms with Gasteiger partial charge in [0.25, 0.3) is 0 Å². The van der Waals surface area contributed by atoms with Crippen LogP contribution in [0.4, 0.5) is 17.1 Å². The molecule has 0 spiro atoms. The summed E-state index contributed by atoms with van der Waals surface area (Å²) >= 11 is 0. The third kappa shape index (κ3) is 2.50. The lowest BCUT2D eigenvalue weighted by Gasteiger charge is -2.32. The van der Waals surface area contributed by atoms with Gasteiger partial charge in [-0.25, -0.2) is 0 Å². The maximum absolute atomic E-state index is 12.2. The highest BCUT2D eigenvalue weighted by Crippen LogP contribution is 2.40. The van der Waals surface area contributed by atoms with E-state index in [-0.39, 0.29) is 11.8 Å². The SMILES string of the molecule is C=C1Nc2cc(N3CCNCC3)ccc2N1C1CCC(=O)NC1=O. The predicted octanol–water partition coefficient (Wildman–Crippen LogP) is 0.604. The molecular weight excluding hydrogens is 306 g/mol. The predicted molar refractivity (Wildman–Crippen MR) is 92.9 cm³/mol. The number of hydrogen-bond acceptors (Lipinski definition) is 6. The number of amides is 2. The van der Waals surface area contributed by atoms with E-state index in [1.165, 1.54) is 5.69 Å². The number of piperidine rings is 1. The third-order valence-electron chi connectivity index (χ3n) is 4.81. The van der Waals surface area contributed by atoms with Gasteiger partial charge in [0.2, 0.25) is 11.8 Å². The molecule has 1 unspecified atom stereocenters. The summed E-state index contributed by atoms with van der Waals surface area (Å²) < 4.78 is 0. The van der Waals surface area contributed by atoms with Gasteiger partial charge in [0.15, 0.2) is 0 Å². The van der Waals surface area contributed by atoms with Crippen LogP contribution in [0.2, 0.25) is 0 Å². The summed E-state index contributed by atoms with van der Waals surface area (Å²) in [4.78, 5) is 27.8. The van der Waals surface area contributed by atoms with E-state index in [1.807, 2.05) is 11.0 Å². The second-order valence-corrected chi connectivity index (χ2v) is 6.35. The summed E-state index contributed by atoms with van der Waals surface area (Å²) in [7, 11) is 0. The summed E-state index contributed by atoms with van der Waals surface area (Å²) in [6, 6.07) is 5.83. The maximum Gasteiger partial charge on any atom is 0.249 e. The monoisotopic (exact) mass is 327 g/mol. The molecule has 4 rings (SSSR count). The number of carbonyl (C=O) groups excluding carboxylic acids is 2. The fraction of sp³-hybridized carbons (Fsp3) is 0.412. The van der Waals surface area contributed by atoms with Crippen LogP contribution in [0.3, 0.4) is 0 Å². The number of nitrogens with one attached hydrogen (secondary N) is 3. The van der Waals surface area contributed by atoms with Gasteiger partial charge in [-0.3, -0.25) is 14.9 Å². The molecule has 1 aromatic carbocycles. The minimum absolute atomic E-state index is 0.205. The van der Waals surface area contributed by atoms with Crippen LogP contribution >= 0.6 is 0 Å². The quantitative estimate of drug-likeness (QED) is 0.691. The number of rotatable bonds is 2. The maximum atomic E-state index is 12.2. The van der Waals surface area contributed by atoms with E-state index in [9.17, 15) is 9.59 Å². The van der Waals surface area contributed by atoms with Gasteiger partial charge in [-0.05, 0) is 24.6 Å². The van der Waals surface area contributed by atoms with Crippen LogP contribution < -0.4 is 25.8 Å². The van der Waals surface area contributed by atoms with Crippen LogP contribution in [0.5, 0.6) is 0 Å². The molecule has 3 N–H and O–H groups in total. The molecule has 1 aromatic rings. The molecule has 24 heavy (non-hydrogen) atoms. The normalized spacial score (nSPS) is 23.8. The molecule has 2 amide bonds. The number of piperazine rings is 1. The van der Waals surface area contributed by atoms with Gasteiger partial charge >= 0.3 is 0 Å². The lowest BCUT2D eigenvalue weighted by atomic mass is 10.0. The van der Waals surface area contributed by atoms with Crippen molar-refractivity contribution in [3.63, 3.8) is 0 Å². The van der Waals surface area contributed by atoms with Crippen LogP contribution in [-0.4, -0.2) is 44.0 Å². The van der Waals surface area contributed by atoms with E-state index in [4.69, 9.17) is 0 Å². The summed E-state index contributed by atoms with van der Waals surface area (Å²) in [5, 5.41) is 9.05. The molecule has 2 fully saturated rings. The summed E-state index contributed by atoms with van der Waals surface area (Å²) in [5.74, 6) is 0.216. The zero-order valence-corrected chi connectivity index (χ0v) is 13.5. The minimum Gasteiger partial charge on any atom is -0.369 e. The molecular formula is C17H21N5O2. The highest BCUT2D eigenvalue weighted by molar-refractivity contribution is 6.03. The number of fused-ring (bicyclic) bond motifs is 1. The highest BCUT2D eigenvalue weighted by Gasteiger charge is 2.37. The first kappa shape index (κ1) is 15.0. The Morgan fingerprint density at radius 1 is 1.12 bits per heavy atom. The molecule has 0 saturated carbocycles. The highest BCUT2D eigenvalue weighted by atomic mass is 16.2. The lowest BCUT2D eigenvalue weighted by molar-refractivity contribution is -0.134. The smallest absolute Gasteiger partial charge is 0.249 e. The summed E-state index contributed by atoms with van der Waals surface area (Å²) in [5.41, 5.74) is 3.06. The zero-order valence-electron chi connectivity index (χ0n) is 13.5. The Morgan fingerprint density at radius 3 is 2.67 bits per heavy atom. The van der Waals surface area contributed by atoms with Gasteiger partial charge in [-0.15, -0.1) is 0 Å². The Balaban J connectivity index is 1.61. The van der Waals surface area contributed by atoms with Gasteiger partial charge in [-0.2, -0.15) is 0 Å². The van der Waals surface area contributed by atoms with Crippen LogP contribution in [0, 0.1) is 0 Å². The zero-order chi connectivity index (χ0) is 16.7. The van der Waals surface area contributed by atoms with Crippen LogP contribution in [0.1, 0.15) is 12.8 Å². The number of carbonyl (C=O) groups is 2. The van der Waals surface area contributed by atoms with Crippen LogP contribution in [0.15, 0.2) is 30.6 Å². The molecule has 0 radical (unpaired) electrons. The second kappa shape index (κ2) is 5.83. The van der Waals surface area contributed by atoms with Gasteiger partial charge in [0, 0.05) is 38.3 Å². The second-order valence-electron chi connectivity index (χ2n) is 6.35. The van der Waals surface area contributed by atoms with E-state index in [0.29, 0.717) is 18.7 Å². The first-order chi connectivity index (χ1) is 11.6. The Labute approximate surface area is 140 Å². The molecule has 0 bridgehead atoms. The van der Waals surface area contributed by atoms with Crippen molar-refractivity contribution in [3.8, 4) is 0 Å². The van der Waals surface area contributed by atoms with Gasteiger partial charge in [0.05, 0.1) is 11.4 Å². The average Bonchev–Trinajstić information content (AvgIpc) is 2.91. The van der Waals surface area contributed by atoms with Crippen molar-refractivity contribution in [2.45, 2.75) is 18.9 Å². The Kier molecular flexibility index (Phi) is 3.65. The topological polar surface area (TPSA) is 76.7 Å². The fourth-order valence-corrected chi connectivity index (χ4v) is 3.60. The lowest BCUT2D eigenvalue weighted by Crippen LogP contribution is -2.51. The van der Waals surface area contributed by atoms with Crippen molar-refractivity contribution in [3.05, 3.63) is 30.6 Å². The molecule has 3 heterocycles. The van der Waals surface area contributed by atoms with Crippen molar-refractivity contribution in [2.24, 2.45) is 0 Å². The van der Waals surface area contributed by atoms with E-state index < -0.39 is 6.04 Å². The molecule has 0 aromatic heterocycles. The molecule has 3 aliphatic heterocycles.